The smallest absolute Gasteiger partial charge is 0.263 e. The number of carbonyl (C=O) groups excluding carboxylic acids is 1. The highest BCUT2D eigenvalue weighted by Crippen LogP contribution is 2.22. The monoisotopic (exact) mass is 360 g/mol. The van der Waals surface area contributed by atoms with Gasteiger partial charge in [-0.1, -0.05) is 11.6 Å². The maximum Gasteiger partial charge on any atom is 0.263 e. The Bertz CT molecular complexity index is 733. The molecule has 0 spiro atoms. The van der Waals surface area contributed by atoms with Crippen molar-refractivity contribution in [1.82, 2.24) is 14.9 Å². The molecule has 0 aliphatic carbocycles. The Morgan fingerprint density at radius 1 is 1.20 bits per heavy atom. The van der Waals surface area contributed by atoms with Crippen LogP contribution in [-0.2, 0) is 4.79 Å². The van der Waals surface area contributed by atoms with Gasteiger partial charge in [-0.05, 0) is 43.7 Å². The van der Waals surface area contributed by atoms with Crippen molar-refractivity contribution in [3.05, 3.63) is 47.2 Å². The molecular formula is C18H21ClN4O2. The number of halogens is 1. The molecule has 0 N–H and O–H groups in total. The summed E-state index contributed by atoms with van der Waals surface area (Å²) in [6.07, 6.45) is 2.91. The molecule has 3 rings (SSSR count). The molecular weight excluding hydrogens is 340 g/mol. The Morgan fingerprint density at radius 3 is 2.52 bits per heavy atom. The van der Waals surface area contributed by atoms with Crippen LogP contribution in [0.3, 0.4) is 0 Å². The van der Waals surface area contributed by atoms with Crippen molar-refractivity contribution in [2.75, 3.05) is 31.1 Å². The number of ether oxygens (including phenoxy) is 1. The molecule has 1 aromatic heterocycles. The number of carbonyl (C=O) groups is 1. The number of piperazine rings is 1. The number of amides is 1. The van der Waals surface area contributed by atoms with Gasteiger partial charge in [0.1, 0.15) is 5.75 Å². The van der Waals surface area contributed by atoms with E-state index >= 15 is 0 Å². The zero-order valence-corrected chi connectivity index (χ0v) is 15.1. The second kappa shape index (κ2) is 7.70. The number of hydrogen-bond acceptors (Lipinski definition) is 5. The number of nitrogens with zero attached hydrogens (tertiary/aromatic N) is 4. The van der Waals surface area contributed by atoms with Gasteiger partial charge in [-0.15, -0.1) is 0 Å². The zero-order valence-electron chi connectivity index (χ0n) is 14.4. The Balaban J connectivity index is 1.55. The van der Waals surface area contributed by atoms with Crippen LogP contribution in [0.5, 0.6) is 5.75 Å². The minimum absolute atomic E-state index is 0.0127. The highest BCUT2D eigenvalue weighted by molar-refractivity contribution is 6.31. The maximum absolute atomic E-state index is 12.6. The number of aromatic nitrogens is 2. The molecule has 132 valence electrons. The topological polar surface area (TPSA) is 58.6 Å². The molecule has 1 saturated heterocycles. The molecule has 1 fully saturated rings. The summed E-state index contributed by atoms with van der Waals surface area (Å²) in [5, 5.41) is 0.686. The fourth-order valence-electron chi connectivity index (χ4n) is 2.78. The first-order chi connectivity index (χ1) is 12.0. The van der Waals surface area contributed by atoms with Crippen molar-refractivity contribution in [2.45, 2.75) is 20.0 Å². The van der Waals surface area contributed by atoms with Gasteiger partial charge in [0.2, 0.25) is 5.95 Å². The van der Waals surface area contributed by atoms with E-state index < -0.39 is 6.10 Å². The summed E-state index contributed by atoms with van der Waals surface area (Å²) in [7, 11) is 0. The minimum atomic E-state index is -0.542. The van der Waals surface area contributed by atoms with E-state index in [1.807, 2.05) is 17.9 Å². The number of aryl methyl sites for hydroxylation is 1. The molecule has 1 aliphatic heterocycles. The van der Waals surface area contributed by atoms with Crippen molar-refractivity contribution >= 4 is 23.5 Å². The molecule has 2 aromatic rings. The summed E-state index contributed by atoms with van der Waals surface area (Å²) >= 11 is 6.02. The fourth-order valence-corrected chi connectivity index (χ4v) is 2.90. The summed E-state index contributed by atoms with van der Waals surface area (Å²) in [5.74, 6) is 1.34. The third kappa shape index (κ3) is 4.20. The third-order valence-corrected chi connectivity index (χ3v) is 4.64. The molecule has 0 bridgehead atoms. The SMILES string of the molecule is Cc1cc(O[C@@H](C)C(=O)N2CCN(c3ncccn3)CC2)ccc1Cl. The molecule has 25 heavy (non-hydrogen) atoms. The van der Waals surface area contributed by atoms with E-state index in [-0.39, 0.29) is 5.91 Å². The van der Waals surface area contributed by atoms with Gasteiger partial charge in [-0.2, -0.15) is 0 Å². The van der Waals surface area contributed by atoms with E-state index in [4.69, 9.17) is 16.3 Å². The molecule has 0 unspecified atom stereocenters. The second-order valence-electron chi connectivity index (χ2n) is 6.03. The molecule has 1 aliphatic rings. The molecule has 6 nitrogen and oxygen atoms in total. The molecule has 1 aromatic carbocycles. The predicted molar refractivity (Wildman–Crippen MR) is 97.1 cm³/mol. The molecule has 7 heteroatoms. The quantitative estimate of drug-likeness (QED) is 0.838. The lowest BCUT2D eigenvalue weighted by atomic mass is 10.2. The van der Waals surface area contributed by atoms with Gasteiger partial charge >= 0.3 is 0 Å². The fraction of sp³-hybridized carbons (Fsp3) is 0.389. The van der Waals surface area contributed by atoms with E-state index in [0.29, 0.717) is 42.9 Å². The summed E-state index contributed by atoms with van der Waals surface area (Å²) in [6, 6.07) is 7.20. The van der Waals surface area contributed by atoms with Gasteiger partial charge in [0.05, 0.1) is 0 Å². The van der Waals surface area contributed by atoms with Crippen LogP contribution in [0.25, 0.3) is 0 Å². The molecule has 1 atom stereocenters. The standard InChI is InChI=1S/C18H21ClN4O2/c1-13-12-15(4-5-16(13)19)25-14(2)17(24)22-8-10-23(11-9-22)18-20-6-3-7-21-18/h3-7,12,14H,8-11H2,1-2H3/t14-/m0/s1. The van der Waals surface area contributed by atoms with Crippen LogP contribution in [0.15, 0.2) is 36.7 Å². The second-order valence-corrected chi connectivity index (χ2v) is 6.44. The number of benzene rings is 1. The van der Waals surface area contributed by atoms with Crippen molar-refractivity contribution < 1.29 is 9.53 Å². The number of anilines is 1. The van der Waals surface area contributed by atoms with Crippen molar-refractivity contribution in [1.29, 1.82) is 0 Å². The molecule has 0 radical (unpaired) electrons. The zero-order chi connectivity index (χ0) is 17.8. The Kier molecular flexibility index (Phi) is 5.38. The summed E-state index contributed by atoms with van der Waals surface area (Å²) < 4.78 is 5.79. The Morgan fingerprint density at radius 2 is 1.88 bits per heavy atom. The first-order valence-electron chi connectivity index (χ1n) is 8.28. The van der Waals surface area contributed by atoms with E-state index in [0.717, 1.165) is 5.56 Å². The van der Waals surface area contributed by atoms with Gasteiger partial charge in [-0.3, -0.25) is 4.79 Å². The summed E-state index contributed by atoms with van der Waals surface area (Å²) in [4.78, 5) is 25.0. The van der Waals surface area contributed by atoms with Crippen LogP contribution in [-0.4, -0.2) is 53.1 Å². The molecule has 0 saturated carbocycles. The number of hydrogen-bond donors (Lipinski definition) is 0. The Hall–Kier alpha value is -2.34. The van der Waals surface area contributed by atoms with E-state index in [2.05, 4.69) is 14.9 Å². The van der Waals surface area contributed by atoms with Gasteiger partial charge in [0.15, 0.2) is 6.10 Å². The van der Waals surface area contributed by atoms with Crippen LogP contribution in [0.1, 0.15) is 12.5 Å². The normalized spacial score (nSPS) is 15.8. The predicted octanol–water partition coefficient (Wildman–Crippen LogP) is 2.55. The summed E-state index contributed by atoms with van der Waals surface area (Å²) in [5.41, 5.74) is 0.926. The largest absolute Gasteiger partial charge is 0.481 e. The van der Waals surface area contributed by atoms with Crippen LogP contribution < -0.4 is 9.64 Å². The molecule has 2 heterocycles. The van der Waals surface area contributed by atoms with Crippen molar-refractivity contribution in [3.8, 4) is 5.75 Å². The first-order valence-corrected chi connectivity index (χ1v) is 8.66. The van der Waals surface area contributed by atoms with Crippen molar-refractivity contribution in [2.24, 2.45) is 0 Å². The van der Waals surface area contributed by atoms with Crippen LogP contribution in [0.2, 0.25) is 5.02 Å². The van der Waals surface area contributed by atoms with Crippen LogP contribution >= 0.6 is 11.6 Å². The highest BCUT2D eigenvalue weighted by Gasteiger charge is 2.26. The average Bonchev–Trinajstić information content (AvgIpc) is 2.65. The third-order valence-electron chi connectivity index (χ3n) is 4.22. The highest BCUT2D eigenvalue weighted by atomic mass is 35.5. The van der Waals surface area contributed by atoms with Crippen LogP contribution in [0, 0.1) is 6.92 Å². The van der Waals surface area contributed by atoms with E-state index in [9.17, 15) is 4.79 Å². The van der Waals surface area contributed by atoms with E-state index in [1.54, 1.807) is 37.5 Å². The summed E-state index contributed by atoms with van der Waals surface area (Å²) in [6.45, 7) is 6.37. The minimum Gasteiger partial charge on any atom is -0.481 e. The lowest BCUT2D eigenvalue weighted by molar-refractivity contribution is -0.138. The van der Waals surface area contributed by atoms with Gasteiger partial charge in [0.25, 0.3) is 5.91 Å². The van der Waals surface area contributed by atoms with Gasteiger partial charge < -0.3 is 14.5 Å². The average molecular weight is 361 g/mol. The van der Waals surface area contributed by atoms with Gasteiger partial charge in [0, 0.05) is 43.6 Å². The van der Waals surface area contributed by atoms with Crippen LogP contribution in [0.4, 0.5) is 5.95 Å². The van der Waals surface area contributed by atoms with E-state index in [1.165, 1.54) is 0 Å². The molecule has 1 amide bonds. The lowest BCUT2D eigenvalue weighted by Gasteiger charge is -2.35. The lowest BCUT2D eigenvalue weighted by Crippen LogP contribution is -2.52. The van der Waals surface area contributed by atoms with Crippen molar-refractivity contribution in [3.63, 3.8) is 0 Å². The van der Waals surface area contributed by atoms with Gasteiger partial charge in [-0.25, -0.2) is 9.97 Å². The number of rotatable bonds is 4. The Labute approximate surface area is 152 Å². The first kappa shape index (κ1) is 17.5. The maximum atomic E-state index is 12.6.